The van der Waals surface area contributed by atoms with Crippen LogP contribution in [0.15, 0.2) is 0 Å². The molecule has 0 aromatic carbocycles. The van der Waals surface area contributed by atoms with Gasteiger partial charge in [-0.15, -0.1) is 0 Å². The standard InChI is InChI=1S/C84H158O19/c1-5-9-13-17-21-25-29-33-36-40-44-48-52-56-60-64-73(88)99-84(100-74(89)65-61-57-53-49-45-41-37-34-30-26-22-18-14-10-6-2,81(96)102-101-75(90)66-62-58-54-50-46-42-38-35-31-27-23-19-15-11-7-3)72(63-59-55-51-47-43-39-32-28-24-20-16-12-8-4)83(80(95)78(93)76(91)70(67-85)98-83)103-82(69-87)79(94)77(92)71(68-86)97-82/h70-72,76-80,85-87,91-95H,5-69H2,1-4H3/t70-,71-,72?,76-,77-,78+,79+,80-,82?,83+/m1/s1. The number of carbonyl (C=O) groups is 4. The molecule has 19 nitrogen and oxygen atoms in total. The number of aliphatic hydroxyl groups is 8. The van der Waals surface area contributed by atoms with Gasteiger partial charge in [-0.05, 0) is 25.7 Å². The first kappa shape index (κ1) is 96.5. The third kappa shape index (κ3) is 41.2. The van der Waals surface area contributed by atoms with Gasteiger partial charge in [0.25, 0.3) is 0 Å². The lowest BCUT2D eigenvalue weighted by molar-refractivity contribution is -0.464. The highest BCUT2D eigenvalue weighted by Crippen LogP contribution is 2.51. The molecule has 0 spiro atoms. The summed E-state index contributed by atoms with van der Waals surface area (Å²) in [6.45, 7) is 5.50. The summed E-state index contributed by atoms with van der Waals surface area (Å²) in [6.07, 6.45) is 44.3. The number of unbranched alkanes of at least 4 members (excludes halogenated alkanes) is 54. The Morgan fingerprint density at radius 2 is 0.602 bits per heavy atom. The molecule has 8 N–H and O–H groups in total. The van der Waals surface area contributed by atoms with Gasteiger partial charge in [-0.1, -0.05) is 381 Å². The van der Waals surface area contributed by atoms with Crippen LogP contribution in [0.1, 0.15) is 426 Å². The van der Waals surface area contributed by atoms with Crippen molar-refractivity contribution in [3.8, 4) is 0 Å². The molecule has 0 aliphatic carbocycles. The Hall–Kier alpha value is -2.56. The molecule has 10 atom stereocenters. The minimum atomic E-state index is -3.48. The average Bonchev–Trinajstić information content (AvgIpc) is 1.66. The van der Waals surface area contributed by atoms with E-state index in [0.717, 1.165) is 122 Å². The van der Waals surface area contributed by atoms with Gasteiger partial charge in [-0.3, -0.25) is 9.59 Å². The predicted octanol–water partition coefficient (Wildman–Crippen LogP) is 18.6. The van der Waals surface area contributed by atoms with Crippen LogP contribution in [-0.2, 0) is 52.6 Å². The van der Waals surface area contributed by atoms with Gasteiger partial charge in [0.2, 0.25) is 11.6 Å². The van der Waals surface area contributed by atoms with Crippen LogP contribution < -0.4 is 0 Å². The topological polar surface area (TPSA) is 295 Å². The Kier molecular flexibility index (Phi) is 59.3. The molecular formula is C84H158O19. The van der Waals surface area contributed by atoms with Crippen molar-refractivity contribution in [2.24, 2.45) is 5.92 Å². The van der Waals surface area contributed by atoms with Crippen LogP contribution in [0.5, 0.6) is 0 Å². The average molecular weight is 1470 g/mol. The number of hydrogen-bond acceptors (Lipinski definition) is 19. The van der Waals surface area contributed by atoms with Gasteiger partial charge in [0, 0.05) is 12.8 Å². The SMILES string of the molecule is CCCCCCCCCCCCCCCCCC(=O)OOC(=O)C(OC(=O)CCCCCCCCCCCCCCCCC)(OC(=O)CCCCCCCCCCCCCCCCC)C(CCCCCCCCCCCCCCC)[C@@]1(OC2(CO)O[C@H](CO)[C@@H](O)[C@@H]2O)O[C@H](CO)[C@@H](O)[C@H](O)[C@H]1O. The Labute approximate surface area is 626 Å². The highest BCUT2D eigenvalue weighted by Gasteiger charge is 2.73. The summed E-state index contributed by atoms with van der Waals surface area (Å²) < 4.78 is 31.7. The molecule has 2 heterocycles. The highest BCUT2D eigenvalue weighted by molar-refractivity contribution is 5.86. The monoisotopic (exact) mass is 1470 g/mol. The summed E-state index contributed by atoms with van der Waals surface area (Å²) in [5, 5.41) is 92.1. The minimum absolute atomic E-state index is 0.0599. The van der Waals surface area contributed by atoms with E-state index in [1.54, 1.807) is 0 Å². The summed E-state index contributed by atoms with van der Waals surface area (Å²) >= 11 is 0. The second-order valence-electron chi connectivity index (χ2n) is 31.0. The van der Waals surface area contributed by atoms with E-state index in [1.807, 2.05) is 0 Å². The molecule has 2 aliphatic heterocycles. The number of ether oxygens (including phenoxy) is 5. The van der Waals surface area contributed by atoms with Crippen molar-refractivity contribution in [1.82, 2.24) is 0 Å². The van der Waals surface area contributed by atoms with Crippen LogP contribution in [0.25, 0.3) is 0 Å². The van der Waals surface area contributed by atoms with E-state index >= 15 is 4.79 Å². The first-order valence-electron chi connectivity index (χ1n) is 43.3. The molecule has 2 unspecified atom stereocenters. The smallest absolute Gasteiger partial charge is 0.411 e. The molecule has 2 rings (SSSR count). The van der Waals surface area contributed by atoms with E-state index in [9.17, 15) is 55.2 Å². The predicted molar refractivity (Wildman–Crippen MR) is 407 cm³/mol. The van der Waals surface area contributed by atoms with Crippen molar-refractivity contribution in [2.45, 2.75) is 486 Å². The zero-order valence-electron chi connectivity index (χ0n) is 66.1. The molecular weight excluding hydrogens is 1310 g/mol. The zero-order valence-corrected chi connectivity index (χ0v) is 66.1. The Bertz CT molecular complexity index is 1960. The van der Waals surface area contributed by atoms with Gasteiger partial charge in [0.05, 0.1) is 19.6 Å². The van der Waals surface area contributed by atoms with Gasteiger partial charge in [0.1, 0.15) is 55.3 Å². The maximum atomic E-state index is 15.8. The Morgan fingerprint density at radius 3 is 0.883 bits per heavy atom. The van der Waals surface area contributed by atoms with Crippen LogP contribution in [0, 0.1) is 5.92 Å². The van der Waals surface area contributed by atoms with Crippen molar-refractivity contribution in [2.75, 3.05) is 19.8 Å². The summed E-state index contributed by atoms with van der Waals surface area (Å²) in [5.74, 6) is -16.9. The number of carbonyl (C=O) groups excluding carboxylic acids is 4. The Morgan fingerprint density at radius 1 is 0.330 bits per heavy atom. The fourth-order valence-electron chi connectivity index (χ4n) is 15.1. The molecule has 2 fully saturated rings. The van der Waals surface area contributed by atoms with E-state index in [4.69, 9.17) is 33.5 Å². The largest absolute Gasteiger partial charge is 0.440 e. The quantitative estimate of drug-likeness (QED) is 0.00923. The van der Waals surface area contributed by atoms with E-state index in [0.29, 0.717) is 38.5 Å². The van der Waals surface area contributed by atoms with E-state index < -0.39 is 116 Å². The number of esters is 2. The van der Waals surface area contributed by atoms with Crippen molar-refractivity contribution in [3.05, 3.63) is 0 Å². The number of rotatable bonds is 72. The molecule has 2 aliphatic rings. The highest BCUT2D eigenvalue weighted by atomic mass is 17.2. The third-order valence-electron chi connectivity index (χ3n) is 21.7. The maximum absolute atomic E-state index is 15.8. The first-order valence-corrected chi connectivity index (χ1v) is 43.3. The molecule has 2 saturated heterocycles. The Balaban J connectivity index is 2.67. The van der Waals surface area contributed by atoms with Gasteiger partial charge in [-0.2, -0.15) is 0 Å². The second kappa shape index (κ2) is 63.2. The summed E-state index contributed by atoms with van der Waals surface area (Å²) in [6, 6.07) is 0. The maximum Gasteiger partial charge on any atom is 0.440 e. The normalized spacial score (nSPS) is 21.7. The zero-order chi connectivity index (χ0) is 75.3. The molecule has 0 radical (unpaired) electrons. The lowest BCUT2D eigenvalue weighted by Crippen LogP contribution is -2.76. The molecule has 0 bridgehead atoms. The number of aliphatic hydroxyl groups excluding tert-OH is 8. The van der Waals surface area contributed by atoms with E-state index in [2.05, 4.69) is 27.7 Å². The molecule has 0 aromatic rings. The minimum Gasteiger partial charge on any atom is -0.411 e. The summed E-state index contributed by atoms with van der Waals surface area (Å²) in [5.41, 5.74) is 0. The molecule has 0 saturated carbocycles. The van der Waals surface area contributed by atoms with E-state index in [-0.39, 0.29) is 38.5 Å². The first-order chi connectivity index (χ1) is 50.1. The molecule has 608 valence electrons. The molecule has 103 heavy (non-hydrogen) atoms. The molecule has 0 aromatic heterocycles. The second-order valence-corrected chi connectivity index (χ2v) is 31.0. The fraction of sp³-hybridized carbons (Fsp3) is 0.952. The van der Waals surface area contributed by atoms with Gasteiger partial charge in [-0.25, -0.2) is 19.4 Å². The van der Waals surface area contributed by atoms with Gasteiger partial charge in [0.15, 0.2) is 0 Å². The van der Waals surface area contributed by atoms with Crippen LogP contribution in [0.4, 0.5) is 0 Å². The van der Waals surface area contributed by atoms with Crippen molar-refractivity contribution in [1.29, 1.82) is 0 Å². The van der Waals surface area contributed by atoms with Gasteiger partial charge < -0.3 is 64.5 Å². The van der Waals surface area contributed by atoms with E-state index in [1.165, 1.54) is 193 Å². The fourth-order valence-corrected chi connectivity index (χ4v) is 15.1. The summed E-state index contributed by atoms with van der Waals surface area (Å²) in [7, 11) is 0. The van der Waals surface area contributed by atoms with Crippen LogP contribution in [-0.4, -0.2) is 145 Å². The third-order valence-corrected chi connectivity index (χ3v) is 21.7. The van der Waals surface area contributed by atoms with Crippen LogP contribution in [0.2, 0.25) is 0 Å². The van der Waals surface area contributed by atoms with Crippen LogP contribution >= 0.6 is 0 Å². The lowest BCUT2D eigenvalue weighted by atomic mass is 9.76. The van der Waals surface area contributed by atoms with Crippen molar-refractivity contribution >= 4 is 23.9 Å². The summed E-state index contributed by atoms with van der Waals surface area (Å²) in [4.78, 5) is 70.3. The number of hydrogen-bond donors (Lipinski definition) is 8. The van der Waals surface area contributed by atoms with Crippen molar-refractivity contribution < 1.29 is 93.5 Å². The molecule has 19 heteroatoms. The lowest BCUT2D eigenvalue weighted by Gasteiger charge is -2.56. The van der Waals surface area contributed by atoms with Crippen LogP contribution in [0.3, 0.4) is 0 Å². The molecule has 0 amide bonds. The van der Waals surface area contributed by atoms with Crippen molar-refractivity contribution in [3.63, 3.8) is 0 Å². The van der Waals surface area contributed by atoms with Gasteiger partial charge >= 0.3 is 29.7 Å².